The Kier molecular flexibility index (Phi) is 7.73. The Hall–Kier alpha value is -2.53. The van der Waals surface area contributed by atoms with Gasteiger partial charge in [-0.1, -0.05) is 36.8 Å². The molecule has 3 rings (SSSR count). The van der Waals surface area contributed by atoms with E-state index in [4.69, 9.17) is 0 Å². The maximum Gasteiger partial charge on any atom is 0.220 e. The molecule has 28 heavy (non-hydrogen) atoms. The van der Waals surface area contributed by atoms with Crippen LogP contribution in [0.2, 0.25) is 0 Å². The smallest absolute Gasteiger partial charge is 0.220 e. The first-order valence-corrected chi connectivity index (χ1v) is 10.2. The topological polar surface area (TPSA) is 62.3 Å². The molecule has 1 aliphatic rings. The third-order valence-electron chi connectivity index (χ3n) is 5.32. The first-order chi connectivity index (χ1) is 13.7. The molecule has 0 saturated carbocycles. The number of amides is 1. The summed E-state index contributed by atoms with van der Waals surface area (Å²) in [6.45, 7) is 2.80. The average Bonchev–Trinajstić information content (AvgIpc) is 2.77. The Morgan fingerprint density at radius 2 is 1.79 bits per heavy atom. The van der Waals surface area contributed by atoms with Gasteiger partial charge in [-0.25, -0.2) is 0 Å². The number of piperidine rings is 1. The molecule has 1 unspecified atom stereocenters. The van der Waals surface area contributed by atoms with Crippen LogP contribution in [0.15, 0.2) is 54.9 Å². The number of Topliss-reactive ketones (excluding diaryl/α,β-unsaturated/α-hetero) is 1. The van der Waals surface area contributed by atoms with E-state index in [0.717, 1.165) is 19.5 Å². The molecule has 2 heterocycles. The number of aromatic nitrogens is 1. The lowest BCUT2D eigenvalue weighted by molar-refractivity contribution is -0.121. The van der Waals surface area contributed by atoms with E-state index >= 15 is 0 Å². The second kappa shape index (κ2) is 10.7. The van der Waals surface area contributed by atoms with Crippen LogP contribution in [0.5, 0.6) is 0 Å². The van der Waals surface area contributed by atoms with Gasteiger partial charge in [-0.05, 0) is 50.0 Å². The van der Waals surface area contributed by atoms with Gasteiger partial charge in [-0.3, -0.25) is 19.5 Å². The van der Waals surface area contributed by atoms with Crippen molar-refractivity contribution in [2.24, 2.45) is 0 Å². The predicted molar refractivity (Wildman–Crippen MR) is 110 cm³/mol. The summed E-state index contributed by atoms with van der Waals surface area (Å²) in [6.07, 6.45) is 8.27. The highest BCUT2D eigenvalue weighted by Gasteiger charge is 2.21. The molecule has 148 valence electrons. The number of carbonyl (C=O) groups excluding carboxylic acids is 2. The Balaban J connectivity index is 1.50. The lowest BCUT2D eigenvalue weighted by atomic mass is 10.0. The molecule has 1 N–H and O–H groups in total. The number of ketones is 1. The maximum atomic E-state index is 12.3. The summed E-state index contributed by atoms with van der Waals surface area (Å²) < 4.78 is 0. The van der Waals surface area contributed by atoms with Gasteiger partial charge in [-0.15, -0.1) is 0 Å². The van der Waals surface area contributed by atoms with Crippen molar-refractivity contribution in [3.05, 3.63) is 66.0 Å². The van der Waals surface area contributed by atoms with Gasteiger partial charge < -0.3 is 5.32 Å². The van der Waals surface area contributed by atoms with Crippen LogP contribution in [-0.2, 0) is 11.2 Å². The Bertz CT molecular complexity index is 743. The third kappa shape index (κ3) is 6.27. The molecule has 0 aliphatic carbocycles. The fourth-order valence-electron chi connectivity index (χ4n) is 3.72. The molecule has 2 aromatic rings. The van der Waals surface area contributed by atoms with Gasteiger partial charge in [0.15, 0.2) is 5.78 Å². The minimum atomic E-state index is -0.0627. The zero-order valence-electron chi connectivity index (χ0n) is 16.3. The molecule has 0 radical (unpaired) electrons. The SMILES string of the molecule is O=C(CCC(=O)c1cccnc1)NCC(Cc1ccccc1)N1CCCCC1. The molecule has 5 nitrogen and oxygen atoms in total. The summed E-state index contributed by atoms with van der Waals surface area (Å²) in [5, 5.41) is 3.06. The van der Waals surface area contributed by atoms with Gasteiger partial charge in [0.1, 0.15) is 0 Å². The van der Waals surface area contributed by atoms with Crippen molar-refractivity contribution in [1.82, 2.24) is 15.2 Å². The van der Waals surface area contributed by atoms with E-state index < -0.39 is 0 Å². The molecule has 1 aromatic heterocycles. The molecule has 5 heteroatoms. The van der Waals surface area contributed by atoms with Crippen molar-refractivity contribution in [3.63, 3.8) is 0 Å². The molecular weight excluding hydrogens is 350 g/mol. The summed E-state index contributed by atoms with van der Waals surface area (Å²) in [4.78, 5) is 30.9. The van der Waals surface area contributed by atoms with E-state index in [0.29, 0.717) is 18.2 Å². The van der Waals surface area contributed by atoms with Gasteiger partial charge in [-0.2, -0.15) is 0 Å². The van der Waals surface area contributed by atoms with Crippen molar-refractivity contribution in [1.29, 1.82) is 0 Å². The van der Waals surface area contributed by atoms with E-state index in [2.05, 4.69) is 39.5 Å². The summed E-state index contributed by atoms with van der Waals surface area (Å²) in [7, 11) is 0. The summed E-state index contributed by atoms with van der Waals surface area (Å²) in [5.74, 6) is -0.104. The monoisotopic (exact) mass is 379 g/mol. The number of nitrogens with one attached hydrogen (secondary N) is 1. The van der Waals surface area contributed by atoms with Crippen molar-refractivity contribution < 1.29 is 9.59 Å². The molecule has 1 aromatic carbocycles. The van der Waals surface area contributed by atoms with E-state index in [1.165, 1.54) is 24.8 Å². The summed E-state index contributed by atoms with van der Waals surface area (Å²) in [6, 6.07) is 14.2. The molecule has 1 amide bonds. The first-order valence-electron chi connectivity index (χ1n) is 10.2. The number of hydrogen-bond acceptors (Lipinski definition) is 4. The molecule has 1 aliphatic heterocycles. The number of pyridine rings is 1. The quantitative estimate of drug-likeness (QED) is 0.680. The normalized spacial score (nSPS) is 15.7. The van der Waals surface area contributed by atoms with Crippen LogP contribution in [0.1, 0.15) is 48.0 Å². The number of benzene rings is 1. The number of likely N-dealkylation sites (tertiary alicyclic amines) is 1. The molecule has 0 spiro atoms. The molecule has 1 saturated heterocycles. The Labute approximate surface area is 167 Å². The van der Waals surface area contributed by atoms with Crippen molar-refractivity contribution >= 4 is 11.7 Å². The van der Waals surface area contributed by atoms with Crippen LogP contribution in [0.3, 0.4) is 0 Å². The van der Waals surface area contributed by atoms with Crippen molar-refractivity contribution in [3.8, 4) is 0 Å². The minimum absolute atomic E-state index is 0.0416. The molecule has 0 bridgehead atoms. The highest BCUT2D eigenvalue weighted by molar-refractivity contribution is 5.97. The molecule has 1 fully saturated rings. The van der Waals surface area contributed by atoms with Crippen LogP contribution < -0.4 is 5.32 Å². The standard InChI is InChI=1S/C23H29N3O2/c27-22(20-10-7-13-24-17-20)11-12-23(28)25-18-21(26-14-5-2-6-15-26)16-19-8-3-1-4-9-19/h1,3-4,7-10,13,17,21H,2,5-6,11-12,14-16,18H2,(H,25,28). The number of carbonyl (C=O) groups is 2. The first kappa shape index (κ1) is 20.2. The predicted octanol–water partition coefficient (Wildman–Crippen LogP) is 3.26. The zero-order chi connectivity index (χ0) is 19.6. The summed E-state index contributed by atoms with van der Waals surface area (Å²) in [5.41, 5.74) is 1.85. The number of hydrogen-bond donors (Lipinski definition) is 1. The largest absolute Gasteiger partial charge is 0.355 e. The van der Waals surface area contributed by atoms with Crippen LogP contribution >= 0.6 is 0 Å². The molecule has 1 atom stereocenters. The lowest BCUT2D eigenvalue weighted by Crippen LogP contribution is -2.47. The van der Waals surface area contributed by atoms with Crippen molar-refractivity contribution in [2.45, 2.75) is 44.6 Å². The second-order valence-electron chi connectivity index (χ2n) is 7.41. The summed E-state index contributed by atoms with van der Waals surface area (Å²) >= 11 is 0. The third-order valence-corrected chi connectivity index (χ3v) is 5.32. The number of nitrogens with zero attached hydrogens (tertiary/aromatic N) is 2. The Morgan fingerprint density at radius 3 is 2.50 bits per heavy atom. The number of rotatable bonds is 9. The van der Waals surface area contributed by atoms with Crippen LogP contribution in [-0.4, -0.2) is 47.3 Å². The second-order valence-corrected chi connectivity index (χ2v) is 7.41. The lowest BCUT2D eigenvalue weighted by Gasteiger charge is -2.35. The van der Waals surface area contributed by atoms with Gasteiger partial charge in [0, 0.05) is 43.4 Å². The zero-order valence-corrected chi connectivity index (χ0v) is 16.3. The molecular formula is C23H29N3O2. The Morgan fingerprint density at radius 1 is 1.00 bits per heavy atom. The van der Waals surface area contributed by atoms with Crippen LogP contribution in [0, 0.1) is 0 Å². The van der Waals surface area contributed by atoms with Crippen molar-refractivity contribution in [2.75, 3.05) is 19.6 Å². The van der Waals surface area contributed by atoms with E-state index in [9.17, 15) is 9.59 Å². The maximum absolute atomic E-state index is 12.3. The van der Waals surface area contributed by atoms with Gasteiger partial charge in [0.25, 0.3) is 0 Å². The van der Waals surface area contributed by atoms with E-state index in [-0.39, 0.29) is 24.5 Å². The fraction of sp³-hybridized carbons (Fsp3) is 0.435. The van der Waals surface area contributed by atoms with Gasteiger partial charge in [0.05, 0.1) is 0 Å². The van der Waals surface area contributed by atoms with Crippen LogP contribution in [0.25, 0.3) is 0 Å². The average molecular weight is 380 g/mol. The fourth-order valence-corrected chi connectivity index (χ4v) is 3.72. The highest BCUT2D eigenvalue weighted by Crippen LogP contribution is 2.15. The van der Waals surface area contributed by atoms with Gasteiger partial charge in [0.2, 0.25) is 5.91 Å². The van der Waals surface area contributed by atoms with Gasteiger partial charge >= 0.3 is 0 Å². The minimum Gasteiger partial charge on any atom is -0.355 e. The van der Waals surface area contributed by atoms with E-state index in [1.54, 1.807) is 24.5 Å². The van der Waals surface area contributed by atoms with Crippen LogP contribution in [0.4, 0.5) is 0 Å². The highest BCUT2D eigenvalue weighted by atomic mass is 16.2. The van der Waals surface area contributed by atoms with E-state index in [1.807, 2.05) is 6.07 Å².